The Balaban J connectivity index is 1.99. The van der Waals surface area contributed by atoms with Crippen LogP contribution >= 0.6 is 11.5 Å². The maximum absolute atomic E-state index is 5.32. The molecule has 1 heterocycles. The lowest BCUT2D eigenvalue weighted by atomic mass is 10.4. The standard InChI is InChI=1S/C7H13N5S/c1-12(5-2-3-5)4-6-7(9-8)13-11-10-6/h5,9H,2-4,8H2,1H3. The Morgan fingerprint density at radius 2 is 2.46 bits per heavy atom. The van der Waals surface area contributed by atoms with E-state index in [1.165, 1.54) is 24.4 Å². The first-order valence-corrected chi connectivity index (χ1v) is 5.06. The minimum absolute atomic E-state index is 0.743. The van der Waals surface area contributed by atoms with E-state index in [4.69, 9.17) is 5.84 Å². The minimum atomic E-state index is 0.743. The molecule has 1 aromatic rings. The molecular weight excluding hydrogens is 186 g/mol. The molecule has 1 aromatic heterocycles. The van der Waals surface area contributed by atoms with Gasteiger partial charge in [0.15, 0.2) is 0 Å². The van der Waals surface area contributed by atoms with Gasteiger partial charge in [-0.2, -0.15) is 0 Å². The Morgan fingerprint density at radius 1 is 1.69 bits per heavy atom. The van der Waals surface area contributed by atoms with E-state index < -0.39 is 0 Å². The average molecular weight is 199 g/mol. The molecule has 1 saturated carbocycles. The fraction of sp³-hybridized carbons (Fsp3) is 0.714. The number of hydrazine groups is 1. The number of hydrogen-bond donors (Lipinski definition) is 2. The number of nitrogens with zero attached hydrogens (tertiary/aromatic N) is 3. The zero-order chi connectivity index (χ0) is 9.26. The molecule has 0 aliphatic heterocycles. The van der Waals surface area contributed by atoms with Gasteiger partial charge in [0.25, 0.3) is 0 Å². The zero-order valence-corrected chi connectivity index (χ0v) is 8.34. The van der Waals surface area contributed by atoms with Crippen LogP contribution in [0.5, 0.6) is 0 Å². The zero-order valence-electron chi connectivity index (χ0n) is 7.53. The third kappa shape index (κ3) is 1.96. The van der Waals surface area contributed by atoms with Gasteiger partial charge in [-0.25, -0.2) is 5.84 Å². The van der Waals surface area contributed by atoms with Crippen molar-refractivity contribution in [2.24, 2.45) is 5.84 Å². The second-order valence-electron chi connectivity index (χ2n) is 3.34. The molecule has 0 unspecified atom stereocenters. The molecule has 5 nitrogen and oxygen atoms in total. The molecule has 0 aromatic carbocycles. The van der Waals surface area contributed by atoms with Crippen molar-refractivity contribution in [3.8, 4) is 0 Å². The van der Waals surface area contributed by atoms with Crippen LogP contribution in [0, 0.1) is 0 Å². The normalized spacial score (nSPS) is 16.5. The quantitative estimate of drug-likeness (QED) is 0.543. The van der Waals surface area contributed by atoms with Gasteiger partial charge < -0.3 is 5.43 Å². The van der Waals surface area contributed by atoms with Gasteiger partial charge in [-0.1, -0.05) is 4.49 Å². The molecule has 0 atom stereocenters. The summed E-state index contributed by atoms with van der Waals surface area (Å²) in [7, 11) is 2.11. The summed E-state index contributed by atoms with van der Waals surface area (Å²) in [4.78, 5) is 2.29. The maximum Gasteiger partial charge on any atom is 0.148 e. The van der Waals surface area contributed by atoms with Gasteiger partial charge in [-0.15, -0.1) is 5.10 Å². The first-order chi connectivity index (χ1) is 6.31. The van der Waals surface area contributed by atoms with Crippen molar-refractivity contribution in [3.05, 3.63) is 5.69 Å². The SMILES string of the molecule is CN(Cc1nnsc1NN)C1CC1. The van der Waals surface area contributed by atoms with Crippen molar-refractivity contribution in [2.45, 2.75) is 25.4 Å². The highest BCUT2D eigenvalue weighted by atomic mass is 32.1. The Labute approximate surface area is 81.1 Å². The van der Waals surface area contributed by atoms with Crippen LogP contribution in [0.25, 0.3) is 0 Å². The largest absolute Gasteiger partial charge is 0.313 e. The van der Waals surface area contributed by atoms with Crippen molar-refractivity contribution in [3.63, 3.8) is 0 Å². The van der Waals surface area contributed by atoms with Gasteiger partial charge >= 0.3 is 0 Å². The van der Waals surface area contributed by atoms with Crippen LogP contribution in [-0.2, 0) is 6.54 Å². The van der Waals surface area contributed by atoms with E-state index in [0.717, 1.165) is 23.3 Å². The Morgan fingerprint density at radius 3 is 3.08 bits per heavy atom. The van der Waals surface area contributed by atoms with Gasteiger partial charge in [0.1, 0.15) is 10.7 Å². The number of nitrogens with one attached hydrogen (secondary N) is 1. The third-order valence-electron chi connectivity index (χ3n) is 2.26. The van der Waals surface area contributed by atoms with E-state index in [1.54, 1.807) is 0 Å². The predicted molar refractivity (Wildman–Crippen MR) is 52.2 cm³/mol. The van der Waals surface area contributed by atoms with Crippen molar-refractivity contribution in [2.75, 3.05) is 12.5 Å². The molecular formula is C7H13N5S. The monoisotopic (exact) mass is 199 g/mol. The summed E-state index contributed by atoms with van der Waals surface area (Å²) in [6.45, 7) is 0.834. The van der Waals surface area contributed by atoms with Crippen LogP contribution in [0.1, 0.15) is 18.5 Å². The first-order valence-electron chi connectivity index (χ1n) is 4.29. The van der Waals surface area contributed by atoms with Gasteiger partial charge in [0, 0.05) is 24.1 Å². The fourth-order valence-corrected chi connectivity index (χ4v) is 1.79. The molecule has 1 aliphatic rings. The lowest BCUT2D eigenvalue weighted by Crippen LogP contribution is -2.21. The predicted octanol–water partition coefficient (Wildman–Crippen LogP) is 0.418. The molecule has 3 N–H and O–H groups in total. The van der Waals surface area contributed by atoms with Gasteiger partial charge in [0.2, 0.25) is 0 Å². The summed E-state index contributed by atoms with van der Waals surface area (Å²) in [5, 5.41) is 4.89. The molecule has 0 bridgehead atoms. The molecule has 0 radical (unpaired) electrons. The van der Waals surface area contributed by atoms with E-state index >= 15 is 0 Å². The van der Waals surface area contributed by atoms with E-state index in [0.29, 0.717) is 0 Å². The van der Waals surface area contributed by atoms with Crippen molar-refractivity contribution < 1.29 is 0 Å². The number of nitrogen functional groups attached to an aromatic ring is 1. The van der Waals surface area contributed by atoms with Crippen LogP contribution in [0.4, 0.5) is 5.00 Å². The second kappa shape index (κ2) is 3.57. The molecule has 6 heteroatoms. The summed E-state index contributed by atoms with van der Waals surface area (Å²) in [5.74, 6) is 5.32. The number of hydrogen-bond acceptors (Lipinski definition) is 6. The van der Waals surface area contributed by atoms with E-state index in [1.807, 2.05) is 0 Å². The summed E-state index contributed by atoms with van der Waals surface area (Å²) in [6, 6.07) is 0.743. The van der Waals surface area contributed by atoms with E-state index in [2.05, 4.69) is 27.0 Å². The Bertz CT molecular complexity index is 282. The highest BCUT2D eigenvalue weighted by Gasteiger charge is 2.27. The second-order valence-corrected chi connectivity index (χ2v) is 4.09. The van der Waals surface area contributed by atoms with Crippen molar-refractivity contribution in [1.29, 1.82) is 0 Å². The number of nitrogens with two attached hydrogens (primary N) is 1. The topological polar surface area (TPSA) is 67.1 Å². The third-order valence-corrected chi connectivity index (χ3v) is 2.96. The van der Waals surface area contributed by atoms with Crippen LogP contribution in [0.15, 0.2) is 0 Å². The summed E-state index contributed by atoms with van der Waals surface area (Å²) >= 11 is 1.30. The molecule has 1 aliphatic carbocycles. The van der Waals surface area contributed by atoms with Crippen molar-refractivity contribution >= 4 is 16.5 Å². The van der Waals surface area contributed by atoms with Crippen LogP contribution in [0.3, 0.4) is 0 Å². The number of rotatable bonds is 4. The molecule has 13 heavy (non-hydrogen) atoms. The molecule has 1 fully saturated rings. The number of anilines is 1. The molecule has 72 valence electrons. The van der Waals surface area contributed by atoms with Crippen LogP contribution in [-0.4, -0.2) is 27.6 Å². The van der Waals surface area contributed by atoms with Gasteiger partial charge in [0.05, 0.1) is 0 Å². The van der Waals surface area contributed by atoms with Crippen LogP contribution < -0.4 is 11.3 Å². The number of aromatic nitrogens is 2. The average Bonchev–Trinajstić information content (AvgIpc) is 2.88. The lowest BCUT2D eigenvalue weighted by Gasteiger charge is -2.13. The van der Waals surface area contributed by atoms with Gasteiger partial charge in [-0.05, 0) is 19.9 Å². The maximum atomic E-state index is 5.32. The van der Waals surface area contributed by atoms with Crippen molar-refractivity contribution in [1.82, 2.24) is 14.5 Å². The Hall–Kier alpha value is -0.720. The summed E-state index contributed by atoms with van der Waals surface area (Å²) in [5.41, 5.74) is 3.55. The van der Waals surface area contributed by atoms with Crippen LogP contribution in [0.2, 0.25) is 0 Å². The highest BCUT2D eigenvalue weighted by molar-refractivity contribution is 7.10. The molecule has 0 saturated heterocycles. The summed E-state index contributed by atoms with van der Waals surface area (Å²) in [6.07, 6.45) is 2.61. The van der Waals surface area contributed by atoms with Gasteiger partial charge in [-0.3, -0.25) is 4.90 Å². The Kier molecular flexibility index (Phi) is 2.43. The lowest BCUT2D eigenvalue weighted by molar-refractivity contribution is 0.313. The van der Waals surface area contributed by atoms with E-state index in [9.17, 15) is 0 Å². The molecule has 0 spiro atoms. The fourth-order valence-electron chi connectivity index (χ4n) is 1.30. The molecule has 0 amide bonds. The first kappa shape index (κ1) is 8.86. The van der Waals surface area contributed by atoms with E-state index in [-0.39, 0.29) is 0 Å². The molecule has 2 rings (SSSR count). The minimum Gasteiger partial charge on any atom is -0.313 e. The summed E-state index contributed by atoms with van der Waals surface area (Å²) < 4.78 is 3.85. The highest BCUT2D eigenvalue weighted by Crippen LogP contribution is 2.28. The smallest absolute Gasteiger partial charge is 0.148 e.